The molecule has 0 fully saturated rings. The highest BCUT2D eigenvalue weighted by Gasteiger charge is 2.14. The molecular weight excluding hydrogens is 316 g/mol. The van der Waals surface area contributed by atoms with Gasteiger partial charge in [-0.15, -0.1) is 11.3 Å². The summed E-state index contributed by atoms with van der Waals surface area (Å²) >= 11 is 1.07. The highest BCUT2D eigenvalue weighted by Crippen LogP contribution is 2.19. The molecule has 0 unspecified atom stereocenters. The topological polar surface area (TPSA) is 84.5 Å². The van der Waals surface area contributed by atoms with Gasteiger partial charge in [0.05, 0.1) is 18.4 Å². The molecule has 2 aromatic rings. The smallest absolute Gasteiger partial charge is 0.348 e. The van der Waals surface area contributed by atoms with Crippen molar-refractivity contribution in [3.8, 4) is 0 Å². The summed E-state index contributed by atoms with van der Waals surface area (Å²) < 4.78 is 4.61. The Morgan fingerprint density at radius 3 is 2.30 bits per heavy atom. The lowest BCUT2D eigenvalue weighted by atomic mass is 10.1. The number of benzene rings is 1. The number of carbonyl (C=O) groups is 3. The number of hydrogen-bond acceptors (Lipinski definition) is 5. The van der Waals surface area contributed by atoms with Crippen molar-refractivity contribution in [1.82, 2.24) is 5.32 Å². The zero-order valence-corrected chi connectivity index (χ0v) is 13.5. The molecule has 0 saturated carbocycles. The second kappa shape index (κ2) is 7.55. The predicted octanol–water partition coefficient (Wildman–Crippen LogP) is 2.08. The number of ether oxygens (including phenoxy) is 1. The summed E-state index contributed by atoms with van der Waals surface area (Å²) in [5, 5.41) is 5.29. The van der Waals surface area contributed by atoms with Gasteiger partial charge in [-0.3, -0.25) is 9.59 Å². The molecule has 0 spiro atoms. The number of carbonyl (C=O) groups excluding carboxylic acids is 3. The fourth-order valence-corrected chi connectivity index (χ4v) is 2.66. The van der Waals surface area contributed by atoms with Crippen LogP contribution in [-0.2, 0) is 16.0 Å². The molecule has 0 saturated heterocycles. The largest absolute Gasteiger partial charge is 0.465 e. The summed E-state index contributed by atoms with van der Waals surface area (Å²) in [6, 6.07) is 10.1. The lowest BCUT2D eigenvalue weighted by Gasteiger charge is -2.05. The molecule has 0 bridgehead atoms. The Morgan fingerprint density at radius 2 is 1.70 bits per heavy atom. The molecule has 0 aliphatic carbocycles. The predicted molar refractivity (Wildman–Crippen MR) is 87.8 cm³/mol. The quantitative estimate of drug-likeness (QED) is 0.821. The van der Waals surface area contributed by atoms with E-state index < -0.39 is 5.97 Å². The molecular formula is C16H16N2O4S. The van der Waals surface area contributed by atoms with Crippen LogP contribution in [0.4, 0.5) is 5.69 Å². The van der Waals surface area contributed by atoms with Crippen LogP contribution in [0.15, 0.2) is 36.4 Å². The van der Waals surface area contributed by atoms with Crippen LogP contribution in [-0.4, -0.2) is 31.9 Å². The minimum absolute atomic E-state index is 0.0734. The Balaban J connectivity index is 2.01. The number of hydrogen-bond donors (Lipinski definition) is 2. The lowest BCUT2D eigenvalue weighted by molar-refractivity contribution is -0.119. The van der Waals surface area contributed by atoms with Crippen LogP contribution in [0.3, 0.4) is 0 Å². The molecule has 1 heterocycles. The summed E-state index contributed by atoms with van der Waals surface area (Å²) in [6.45, 7) is 0. The van der Waals surface area contributed by atoms with Gasteiger partial charge in [-0.25, -0.2) is 4.79 Å². The second-order valence-electron chi connectivity index (χ2n) is 4.66. The standard InChI is InChI=1S/C16H16N2O4S/c1-17-14(19)9-10-3-5-11(6-4-10)18-15(20)12-7-8-13(23-12)16(21)22-2/h3-8H,9H2,1-2H3,(H,17,19)(H,18,20). The summed E-state index contributed by atoms with van der Waals surface area (Å²) in [5.74, 6) is -0.840. The molecule has 7 heteroatoms. The van der Waals surface area contributed by atoms with Gasteiger partial charge in [0.25, 0.3) is 5.91 Å². The van der Waals surface area contributed by atoms with Crippen LogP contribution in [0.2, 0.25) is 0 Å². The third kappa shape index (κ3) is 4.40. The first-order valence-corrected chi connectivity index (χ1v) is 7.64. The van der Waals surface area contributed by atoms with Gasteiger partial charge in [0.1, 0.15) is 4.88 Å². The molecule has 2 amide bonds. The third-order valence-corrected chi connectivity index (χ3v) is 4.14. The van der Waals surface area contributed by atoms with E-state index in [1.54, 1.807) is 43.4 Å². The van der Waals surface area contributed by atoms with Gasteiger partial charge < -0.3 is 15.4 Å². The maximum absolute atomic E-state index is 12.1. The average molecular weight is 332 g/mol. The monoisotopic (exact) mass is 332 g/mol. The maximum Gasteiger partial charge on any atom is 0.348 e. The highest BCUT2D eigenvalue weighted by molar-refractivity contribution is 7.16. The Morgan fingerprint density at radius 1 is 1.04 bits per heavy atom. The molecule has 1 aromatic carbocycles. The van der Waals surface area contributed by atoms with Crippen molar-refractivity contribution < 1.29 is 19.1 Å². The summed E-state index contributed by atoms with van der Waals surface area (Å²) in [7, 11) is 2.88. The number of esters is 1. The van der Waals surface area contributed by atoms with Crippen LogP contribution in [0, 0.1) is 0 Å². The van der Waals surface area contributed by atoms with Crippen LogP contribution in [0.1, 0.15) is 24.9 Å². The molecule has 0 radical (unpaired) electrons. The van der Waals surface area contributed by atoms with E-state index in [1.807, 2.05) is 0 Å². The molecule has 23 heavy (non-hydrogen) atoms. The fourth-order valence-electron chi connectivity index (χ4n) is 1.84. The normalized spacial score (nSPS) is 10.0. The van der Waals surface area contributed by atoms with Crippen molar-refractivity contribution >= 4 is 34.8 Å². The molecule has 0 aliphatic rings. The van der Waals surface area contributed by atoms with E-state index in [1.165, 1.54) is 7.11 Å². The number of likely N-dealkylation sites (N-methyl/N-ethyl adjacent to an activating group) is 1. The van der Waals surface area contributed by atoms with Crippen LogP contribution < -0.4 is 10.6 Å². The molecule has 0 aliphatic heterocycles. The Hall–Kier alpha value is -2.67. The van der Waals surface area contributed by atoms with Gasteiger partial charge in [-0.2, -0.15) is 0 Å². The molecule has 1 aromatic heterocycles. The molecule has 2 N–H and O–H groups in total. The van der Waals surface area contributed by atoms with Crippen molar-refractivity contribution in [2.75, 3.05) is 19.5 Å². The van der Waals surface area contributed by atoms with Crippen molar-refractivity contribution in [3.05, 3.63) is 51.7 Å². The number of rotatable bonds is 5. The van der Waals surface area contributed by atoms with E-state index in [2.05, 4.69) is 15.4 Å². The summed E-state index contributed by atoms with van der Waals surface area (Å²) in [6.07, 6.45) is 0.290. The zero-order chi connectivity index (χ0) is 16.8. The number of amides is 2. The molecule has 6 nitrogen and oxygen atoms in total. The van der Waals surface area contributed by atoms with E-state index in [9.17, 15) is 14.4 Å². The van der Waals surface area contributed by atoms with E-state index in [0.717, 1.165) is 16.9 Å². The van der Waals surface area contributed by atoms with Gasteiger partial charge in [0.15, 0.2) is 0 Å². The molecule has 120 valence electrons. The van der Waals surface area contributed by atoms with Crippen LogP contribution >= 0.6 is 11.3 Å². The van der Waals surface area contributed by atoms with Crippen LogP contribution in [0.5, 0.6) is 0 Å². The first kappa shape index (κ1) is 16.7. The van der Waals surface area contributed by atoms with Gasteiger partial charge in [-0.05, 0) is 29.8 Å². The van der Waals surface area contributed by atoms with E-state index in [-0.39, 0.29) is 18.2 Å². The highest BCUT2D eigenvalue weighted by atomic mass is 32.1. The fraction of sp³-hybridized carbons (Fsp3) is 0.188. The van der Waals surface area contributed by atoms with E-state index in [0.29, 0.717) is 15.4 Å². The molecule has 2 rings (SSSR count). The van der Waals surface area contributed by atoms with Crippen molar-refractivity contribution in [2.45, 2.75) is 6.42 Å². The van der Waals surface area contributed by atoms with Gasteiger partial charge in [-0.1, -0.05) is 12.1 Å². The average Bonchev–Trinajstić information content (AvgIpc) is 3.06. The lowest BCUT2D eigenvalue weighted by Crippen LogP contribution is -2.19. The van der Waals surface area contributed by atoms with Gasteiger partial charge in [0.2, 0.25) is 5.91 Å². The Labute approximate surface area is 137 Å². The van der Waals surface area contributed by atoms with E-state index in [4.69, 9.17) is 0 Å². The van der Waals surface area contributed by atoms with Crippen molar-refractivity contribution in [2.24, 2.45) is 0 Å². The number of nitrogens with one attached hydrogen (secondary N) is 2. The SMILES string of the molecule is CNC(=O)Cc1ccc(NC(=O)c2ccc(C(=O)OC)s2)cc1. The number of thiophene rings is 1. The minimum atomic E-state index is -0.465. The third-order valence-electron chi connectivity index (χ3n) is 3.07. The molecule has 0 atom stereocenters. The van der Waals surface area contributed by atoms with Crippen molar-refractivity contribution in [3.63, 3.8) is 0 Å². The number of methoxy groups -OCH3 is 1. The summed E-state index contributed by atoms with van der Waals surface area (Å²) in [4.78, 5) is 35.6. The van der Waals surface area contributed by atoms with Gasteiger partial charge in [0, 0.05) is 12.7 Å². The van der Waals surface area contributed by atoms with Crippen LogP contribution in [0.25, 0.3) is 0 Å². The second-order valence-corrected chi connectivity index (χ2v) is 5.74. The first-order chi connectivity index (χ1) is 11.0. The zero-order valence-electron chi connectivity index (χ0n) is 12.7. The van der Waals surface area contributed by atoms with E-state index >= 15 is 0 Å². The maximum atomic E-state index is 12.1. The Kier molecular flexibility index (Phi) is 5.48. The number of anilines is 1. The first-order valence-electron chi connectivity index (χ1n) is 6.82. The van der Waals surface area contributed by atoms with Gasteiger partial charge >= 0.3 is 5.97 Å². The minimum Gasteiger partial charge on any atom is -0.465 e. The van der Waals surface area contributed by atoms with Crippen molar-refractivity contribution in [1.29, 1.82) is 0 Å². The Bertz CT molecular complexity index is 722. The summed E-state index contributed by atoms with van der Waals surface area (Å²) in [5.41, 5.74) is 1.47.